The highest BCUT2D eigenvalue weighted by Gasteiger charge is 2.17. The molecule has 4 aromatic rings. The van der Waals surface area contributed by atoms with Gasteiger partial charge in [0.05, 0.1) is 11.3 Å². The fourth-order valence-electron chi connectivity index (χ4n) is 2.89. The second-order valence-electron chi connectivity index (χ2n) is 5.98. The summed E-state index contributed by atoms with van der Waals surface area (Å²) in [5.74, 6) is 0. The van der Waals surface area contributed by atoms with E-state index in [0.29, 0.717) is 16.8 Å². The van der Waals surface area contributed by atoms with E-state index in [2.05, 4.69) is 5.10 Å². The van der Waals surface area contributed by atoms with Gasteiger partial charge in [0.2, 0.25) is 0 Å². The molecule has 0 unspecified atom stereocenters. The monoisotopic (exact) mass is 364 g/mol. The lowest BCUT2D eigenvalue weighted by Crippen LogP contribution is -2.04. The van der Waals surface area contributed by atoms with E-state index in [1.807, 2.05) is 54.6 Å². The van der Waals surface area contributed by atoms with Crippen LogP contribution in [-0.2, 0) is 0 Å². The van der Waals surface area contributed by atoms with Gasteiger partial charge in [-0.15, -0.1) is 0 Å². The van der Waals surface area contributed by atoms with E-state index in [0.717, 1.165) is 11.1 Å². The van der Waals surface area contributed by atoms with Crippen LogP contribution in [0.5, 0.6) is 0 Å². The van der Waals surface area contributed by atoms with Gasteiger partial charge in [-0.25, -0.2) is 9.48 Å². The summed E-state index contributed by atoms with van der Waals surface area (Å²) in [6.45, 7) is 0. The summed E-state index contributed by atoms with van der Waals surface area (Å²) in [6, 6.07) is 21.9. The molecular formula is C22H12N4O2. The van der Waals surface area contributed by atoms with Crippen molar-refractivity contribution in [1.82, 2.24) is 9.78 Å². The smallest absolute Gasteiger partial charge is 0.345 e. The molecule has 0 aliphatic carbocycles. The molecule has 0 saturated heterocycles. The molecule has 4 rings (SSSR count). The first-order valence-electron chi connectivity index (χ1n) is 8.40. The average Bonchev–Trinajstić information content (AvgIpc) is 3.15. The van der Waals surface area contributed by atoms with Gasteiger partial charge in [0.15, 0.2) is 0 Å². The zero-order valence-electron chi connectivity index (χ0n) is 14.5. The van der Waals surface area contributed by atoms with Crippen LogP contribution in [0.2, 0.25) is 0 Å². The molecule has 2 heterocycles. The van der Waals surface area contributed by atoms with Crippen LogP contribution in [-0.4, -0.2) is 9.78 Å². The lowest BCUT2D eigenvalue weighted by Gasteiger charge is -2.01. The molecular weight excluding hydrogens is 352 g/mol. The highest BCUT2D eigenvalue weighted by atomic mass is 16.4. The third-order valence-electron chi connectivity index (χ3n) is 4.20. The molecule has 6 nitrogen and oxygen atoms in total. The minimum absolute atomic E-state index is 0.0842. The van der Waals surface area contributed by atoms with E-state index in [1.54, 1.807) is 29.1 Å². The van der Waals surface area contributed by atoms with Crippen LogP contribution in [0, 0.1) is 22.7 Å². The molecule has 0 spiro atoms. The second-order valence-corrected chi connectivity index (χ2v) is 5.98. The van der Waals surface area contributed by atoms with Crippen molar-refractivity contribution in [2.24, 2.45) is 0 Å². The molecule has 0 atom stereocenters. The maximum absolute atomic E-state index is 12.6. The fraction of sp³-hybridized carbons (Fsp3) is 0. The van der Waals surface area contributed by atoms with Crippen LogP contribution < -0.4 is 5.63 Å². The molecule has 0 bridgehead atoms. The van der Waals surface area contributed by atoms with Gasteiger partial charge in [-0.2, -0.15) is 15.6 Å². The Labute approximate surface area is 159 Å². The van der Waals surface area contributed by atoms with E-state index in [-0.39, 0.29) is 11.1 Å². The Morgan fingerprint density at radius 1 is 1.04 bits per heavy atom. The maximum Gasteiger partial charge on any atom is 0.345 e. The Kier molecular flexibility index (Phi) is 4.29. The van der Waals surface area contributed by atoms with Gasteiger partial charge in [0.25, 0.3) is 0 Å². The fourth-order valence-corrected chi connectivity index (χ4v) is 2.89. The van der Waals surface area contributed by atoms with E-state index >= 15 is 0 Å². The van der Waals surface area contributed by atoms with Gasteiger partial charge in [-0.3, -0.25) is 0 Å². The van der Waals surface area contributed by atoms with Crippen LogP contribution in [0.3, 0.4) is 0 Å². The first kappa shape index (κ1) is 17.0. The normalized spacial score (nSPS) is 10.2. The van der Waals surface area contributed by atoms with Crippen LogP contribution >= 0.6 is 0 Å². The molecule has 0 fully saturated rings. The number of rotatable bonds is 3. The van der Waals surface area contributed by atoms with Crippen molar-refractivity contribution in [1.29, 1.82) is 10.5 Å². The number of allylic oxidation sites excluding steroid dienone is 1. The number of hydrogen-bond donors (Lipinski definition) is 0. The molecule has 132 valence electrons. The maximum atomic E-state index is 12.6. The standard InChI is InChI=1S/C22H12N4O2/c23-12-15(13-24)10-17-14-26(18-7-2-1-3-8-18)25-21(17)19-11-16-6-4-5-9-20(16)28-22(19)27/h1-11,14H. The highest BCUT2D eigenvalue weighted by molar-refractivity contribution is 5.83. The highest BCUT2D eigenvalue weighted by Crippen LogP contribution is 2.26. The second kappa shape index (κ2) is 7.06. The molecule has 0 aliphatic heterocycles. The van der Waals surface area contributed by atoms with Crippen LogP contribution in [0.15, 0.2) is 81.6 Å². The molecule has 0 aliphatic rings. The number of nitriles is 2. The summed E-state index contributed by atoms with van der Waals surface area (Å²) in [7, 11) is 0. The molecule has 0 amide bonds. The Bertz CT molecular complexity index is 1330. The van der Waals surface area contributed by atoms with E-state index in [9.17, 15) is 4.79 Å². The zero-order chi connectivity index (χ0) is 19.5. The number of aromatic nitrogens is 2. The number of fused-ring (bicyclic) bond motifs is 1. The van der Waals surface area contributed by atoms with Crippen LogP contribution in [0.4, 0.5) is 0 Å². The molecule has 0 N–H and O–H groups in total. The third-order valence-corrected chi connectivity index (χ3v) is 4.20. The van der Waals surface area contributed by atoms with Crippen molar-refractivity contribution in [3.63, 3.8) is 0 Å². The van der Waals surface area contributed by atoms with Crippen molar-refractivity contribution in [2.75, 3.05) is 0 Å². The van der Waals surface area contributed by atoms with Crippen molar-refractivity contribution in [3.05, 3.63) is 88.4 Å². The van der Waals surface area contributed by atoms with Crippen LogP contribution in [0.1, 0.15) is 5.56 Å². The Morgan fingerprint density at radius 3 is 2.50 bits per heavy atom. The van der Waals surface area contributed by atoms with Gasteiger partial charge < -0.3 is 4.42 Å². The zero-order valence-corrected chi connectivity index (χ0v) is 14.5. The summed E-state index contributed by atoms with van der Waals surface area (Å²) in [5, 5.41) is 23.5. The minimum atomic E-state index is -0.540. The minimum Gasteiger partial charge on any atom is -0.422 e. The van der Waals surface area contributed by atoms with Crippen molar-refractivity contribution in [3.8, 4) is 29.1 Å². The first-order valence-corrected chi connectivity index (χ1v) is 8.40. The summed E-state index contributed by atoms with van der Waals surface area (Å²) in [5.41, 5.74) is 1.71. The van der Waals surface area contributed by atoms with Gasteiger partial charge in [-0.1, -0.05) is 36.4 Å². The van der Waals surface area contributed by atoms with Crippen molar-refractivity contribution >= 4 is 17.0 Å². The summed E-state index contributed by atoms with van der Waals surface area (Å²) in [6.07, 6.45) is 3.09. The van der Waals surface area contributed by atoms with E-state index in [1.165, 1.54) is 6.08 Å². The van der Waals surface area contributed by atoms with E-state index in [4.69, 9.17) is 14.9 Å². The molecule has 0 radical (unpaired) electrons. The van der Waals surface area contributed by atoms with E-state index < -0.39 is 5.63 Å². The van der Waals surface area contributed by atoms with Crippen LogP contribution in [0.25, 0.3) is 34.0 Å². The lowest BCUT2D eigenvalue weighted by atomic mass is 10.1. The molecule has 28 heavy (non-hydrogen) atoms. The lowest BCUT2D eigenvalue weighted by molar-refractivity contribution is 0.563. The summed E-state index contributed by atoms with van der Waals surface area (Å²) >= 11 is 0. The number of hydrogen-bond acceptors (Lipinski definition) is 5. The predicted molar refractivity (Wildman–Crippen MR) is 104 cm³/mol. The van der Waals surface area contributed by atoms with Gasteiger partial charge in [-0.05, 0) is 30.3 Å². The molecule has 6 heteroatoms. The quantitative estimate of drug-likeness (QED) is 0.403. The van der Waals surface area contributed by atoms with Crippen molar-refractivity contribution in [2.45, 2.75) is 0 Å². The SMILES string of the molecule is N#CC(C#N)=Cc1cn(-c2ccccc2)nc1-c1cc2ccccc2oc1=O. The largest absolute Gasteiger partial charge is 0.422 e. The number of benzene rings is 2. The Hall–Kier alpha value is -4.42. The van der Waals surface area contributed by atoms with Gasteiger partial charge >= 0.3 is 5.63 Å². The Balaban J connectivity index is 1.98. The molecule has 0 saturated carbocycles. The summed E-state index contributed by atoms with van der Waals surface area (Å²) in [4.78, 5) is 12.6. The van der Waals surface area contributed by atoms with Gasteiger partial charge in [0, 0.05) is 17.1 Å². The predicted octanol–water partition coefficient (Wildman–Crippen LogP) is 4.08. The van der Waals surface area contributed by atoms with Crippen molar-refractivity contribution < 1.29 is 4.42 Å². The number of nitrogens with zero attached hydrogens (tertiary/aromatic N) is 4. The Morgan fingerprint density at radius 2 is 1.75 bits per heavy atom. The molecule has 2 aromatic carbocycles. The number of para-hydroxylation sites is 2. The third kappa shape index (κ3) is 3.07. The van der Waals surface area contributed by atoms with Gasteiger partial charge in [0.1, 0.15) is 29.0 Å². The topological polar surface area (TPSA) is 95.6 Å². The molecule has 2 aromatic heterocycles. The average molecular weight is 364 g/mol. The summed E-state index contributed by atoms with van der Waals surface area (Å²) < 4.78 is 7.02. The first-order chi connectivity index (χ1) is 13.7.